The molecule has 3 aliphatic heterocycles. The number of para-hydroxylation sites is 1. The highest BCUT2D eigenvalue weighted by molar-refractivity contribution is 6.07. The topological polar surface area (TPSA) is 55.8 Å². The van der Waals surface area contributed by atoms with E-state index in [-0.39, 0.29) is 35.4 Å². The van der Waals surface area contributed by atoms with Crippen molar-refractivity contribution in [2.24, 2.45) is 17.8 Å². The number of hydrogen-bond acceptors (Lipinski definition) is 5. The van der Waals surface area contributed by atoms with E-state index in [9.17, 15) is 9.59 Å². The van der Waals surface area contributed by atoms with E-state index in [1.807, 2.05) is 38.1 Å². The van der Waals surface area contributed by atoms with Gasteiger partial charge in [0.25, 0.3) is 0 Å². The van der Waals surface area contributed by atoms with Crippen LogP contribution in [0.4, 0.5) is 0 Å². The fraction of sp³-hybridized carbons (Fsp3) is 0.643. The smallest absolute Gasteiger partial charge is 0.175 e. The highest BCUT2D eigenvalue weighted by Gasteiger charge is 2.85. The number of fused-ring (bicyclic) bond motifs is 1. The van der Waals surface area contributed by atoms with Crippen LogP contribution in [0.15, 0.2) is 35.9 Å². The first-order valence-corrected chi connectivity index (χ1v) is 12.7. The second-order valence-corrected chi connectivity index (χ2v) is 11.6. The van der Waals surface area contributed by atoms with Gasteiger partial charge in [-0.05, 0) is 72.2 Å². The summed E-state index contributed by atoms with van der Waals surface area (Å²) < 4.78 is 13.8. The SMILES string of the molecule is CC(C)=CC[C@@]12OC(C)(C)[C@H]3C[C@@H](C1=O)[C@@H](N1CCCCC1)[C@@H]1C(=O)c4ccccc4O[C@]312. The van der Waals surface area contributed by atoms with Crippen LogP contribution in [-0.2, 0) is 9.53 Å². The van der Waals surface area contributed by atoms with Crippen LogP contribution in [0, 0.1) is 17.8 Å². The quantitative estimate of drug-likeness (QED) is 0.632. The molecule has 3 saturated carbocycles. The third-order valence-electron chi connectivity index (χ3n) is 9.19. The predicted molar refractivity (Wildman–Crippen MR) is 125 cm³/mol. The van der Waals surface area contributed by atoms with Gasteiger partial charge in [0.15, 0.2) is 22.8 Å². The number of piperidine rings is 1. The third kappa shape index (κ3) is 2.61. The van der Waals surface area contributed by atoms with Gasteiger partial charge >= 0.3 is 0 Å². The molecule has 5 nitrogen and oxygen atoms in total. The molecule has 1 aromatic rings. The minimum atomic E-state index is -1.12. The van der Waals surface area contributed by atoms with Gasteiger partial charge in [0.1, 0.15) is 5.75 Å². The summed E-state index contributed by atoms with van der Waals surface area (Å²) in [4.78, 5) is 31.2. The van der Waals surface area contributed by atoms with Gasteiger partial charge < -0.3 is 9.47 Å². The lowest BCUT2D eigenvalue weighted by Gasteiger charge is -2.64. The van der Waals surface area contributed by atoms with Crippen molar-refractivity contribution in [3.8, 4) is 5.75 Å². The molecule has 3 aliphatic carbocycles. The van der Waals surface area contributed by atoms with E-state index < -0.39 is 16.8 Å². The van der Waals surface area contributed by atoms with Gasteiger partial charge in [-0.3, -0.25) is 14.5 Å². The van der Waals surface area contributed by atoms with Crippen LogP contribution in [0.2, 0.25) is 0 Å². The van der Waals surface area contributed by atoms with E-state index in [0.717, 1.165) is 37.9 Å². The Morgan fingerprint density at radius 1 is 1.12 bits per heavy atom. The average Bonchev–Trinajstić information content (AvgIpc) is 2.94. The van der Waals surface area contributed by atoms with E-state index in [1.165, 1.54) is 6.42 Å². The van der Waals surface area contributed by atoms with E-state index >= 15 is 0 Å². The zero-order valence-corrected chi connectivity index (χ0v) is 20.2. The Bertz CT molecular complexity index is 1050. The molecule has 7 rings (SSSR count). The molecule has 0 amide bonds. The molecular formula is C28H35NO4. The van der Waals surface area contributed by atoms with Crippen LogP contribution < -0.4 is 4.74 Å². The van der Waals surface area contributed by atoms with Crippen molar-refractivity contribution in [1.29, 1.82) is 0 Å². The van der Waals surface area contributed by atoms with Crippen molar-refractivity contribution < 1.29 is 19.1 Å². The molecule has 1 aromatic carbocycles. The highest BCUT2D eigenvalue weighted by Crippen LogP contribution is 2.69. The molecule has 1 spiro atoms. The normalized spacial score (nSPS) is 40.7. The van der Waals surface area contributed by atoms with Gasteiger partial charge in [-0.15, -0.1) is 0 Å². The molecule has 5 heteroatoms. The lowest BCUT2D eigenvalue weighted by Crippen LogP contribution is -2.82. The zero-order chi connectivity index (χ0) is 23.2. The molecular weight excluding hydrogens is 414 g/mol. The Kier molecular flexibility index (Phi) is 4.58. The Hall–Kier alpha value is -1.98. The van der Waals surface area contributed by atoms with Gasteiger partial charge in [-0.2, -0.15) is 0 Å². The van der Waals surface area contributed by atoms with Gasteiger partial charge in [0, 0.05) is 24.3 Å². The molecule has 33 heavy (non-hydrogen) atoms. The number of ketones is 2. The van der Waals surface area contributed by atoms with E-state index in [0.29, 0.717) is 17.7 Å². The number of allylic oxidation sites excluding steroid dienone is 1. The standard InChI is InChI=1S/C28H35NO4/c1-17(2)12-13-27-25(31)19-16-21(26(3,4)33-27)28(27)22(23(19)29-14-8-5-9-15-29)24(30)18-10-6-7-11-20(18)32-28/h6-7,10-12,19,21-23H,5,8-9,13-16H2,1-4H3/t19-,21-,22-,23-,27-,28-/m1/s1. The van der Waals surface area contributed by atoms with E-state index in [1.54, 1.807) is 0 Å². The number of carbonyl (C=O) groups excluding carboxylic acids is 2. The average molecular weight is 450 g/mol. The Balaban J connectivity index is 1.61. The van der Waals surface area contributed by atoms with Crippen molar-refractivity contribution in [2.75, 3.05) is 13.1 Å². The van der Waals surface area contributed by atoms with E-state index in [2.05, 4.69) is 24.8 Å². The molecule has 0 aromatic heterocycles. The summed E-state index contributed by atoms with van der Waals surface area (Å²) in [6.45, 7) is 10.2. The van der Waals surface area contributed by atoms with Crippen LogP contribution in [0.25, 0.3) is 0 Å². The van der Waals surface area contributed by atoms with Crippen molar-refractivity contribution in [2.45, 2.75) is 82.6 Å². The predicted octanol–water partition coefficient (Wildman–Crippen LogP) is 4.59. The number of Topliss-reactive ketones (excluding diaryl/α,β-unsaturated/α-hetero) is 2. The first-order valence-electron chi connectivity index (χ1n) is 12.7. The Labute approximate surface area is 196 Å². The molecule has 6 aliphatic rings. The third-order valence-corrected chi connectivity index (χ3v) is 9.19. The highest BCUT2D eigenvalue weighted by atomic mass is 16.6. The molecule has 176 valence electrons. The Morgan fingerprint density at radius 3 is 2.58 bits per heavy atom. The number of hydrogen-bond donors (Lipinski definition) is 0. The largest absolute Gasteiger partial charge is 0.482 e. The lowest BCUT2D eigenvalue weighted by atomic mass is 9.44. The first kappa shape index (κ1) is 21.5. The molecule has 0 radical (unpaired) electrons. The fourth-order valence-corrected chi connectivity index (χ4v) is 8.02. The number of ether oxygens (including phenoxy) is 2. The van der Waals surface area contributed by atoms with Crippen molar-refractivity contribution in [1.82, 2.24) is 4.90 Å². The summed E-state index contributed by atoms with van der Waals surface area (Å²) in [7, 11) is 0. The van der Waals surface area contributed by atoms with Crippen LogP contribution in [-0.4, -0.2) is 52.4 Å². The number of carbonyl (C=O) groups is 2. The second kappa shape index (κ2) is 7.02. The van der Waals surface area contributed by atoms with Crippen molar-refractivity contribution >= 4 is 11.6 Å². The van der Waals surface area contributed by atoms with Crippen molar-refractivity contribution in [3.05, 3.63) is 41.5 Å². The van der Waals surface area contributed by atoms with Crippen LogP contribution in [0.3, 0.4) is 0 Å². The zero-order valence-electron chi connectivity index (χ0n) is 20.2. The number of nitrogens with zero attached hydrogens (tertiary/aromatic N) is 1. The second-order valence-electron chi connectivity index (χ2n) is 11.6. The van der Waals surface area contributed by atoms with Crippen molar-refractivity contribution in [3.63, 3.8) is 0 Å². The van der Waals surface area contributed by atoms with Crippen LogP contribution in [0.5, 0.6) is 5.75 Å². The fourth-order valence-electron chi connectivity index (χ4n) is 8.02. The summed E-state index contributed by atoms with van der Waals surface area (Å²) in [5.41, 5.74) is -0.836. The maximum atomic E-state index is 14.4. The monoisotopic (exact) mass is 449 g/mol. The summed E-state index contributed by atoms with van der Waals surface area (Å²) in [6.07, 6.45) is 6.76. The maximum Gasteiger partial charge on any atom is 0.175 e. The summed E-state index contributed by atoms with van der Waals surface area (Å²) >= 11 is 0. The summed E-state index contributed by atoms with van der Waals surface area (Å²) in [5, 5.41) is 0. The maximum absolute atomic E-state index is 14.4. The number of rotatable bonds is 3. The summed E-state index contributed by atoms with van der Waals surface area (Å²) in [6, 6.07) is 7.50. The molecule has 4 bridgehead atoms. The van der Waals surface area contributed by atoms with E-state index in [4.69, 9.17) is 9.47 Å². The molecule has 2 saturated heterocycles. The van der Waals surface area contributed by atoms with Gasteiger partial charge in [-0.25, -0.2) is 0 Å². The number of benzene rings is 1. The number of likely N-dealkylation sites (tertiary alicyclic amines) is 1. The molecule has 5 fully saturated rings. The molecule has 3 heterocycles. The minimum Gasteiger partial charge on any atom is -0.482 e. The summed E-state index contributed by atoms with van der Waals surface area (Å²) in [5.74, 6) is 0.307. The molecule has 0 N–H and O–H groups in total. The van der Waals surface area contributed by atoms with Crippen LogP contribution in [0.1, 0.15) is 70.2 Å². The van der Waals surface area contributed by atoms with Gasteiger partial charge in [0.05, 0.1) is 17.1 Å². The molecule has 6 atom stereocenters. The van der Waals surface area contributed by atoms with Crippen LogP contribution >= 0.6 is 0 Å². The molecule has 0 unspecified atom stereocenters. The lowest BCUT2D eigenvalue weighted by molar-refractivity contribution is -0.213. The van der Waals surface area contributed by atoms with Gasteiger partial charge in [-0.1, -0.05) is 30.2 Å². The Morgan fingerprint density at radius 2 is 1.85 bits per heavy atom. The first-order chi connectivity index (χ1) is 15.7. The minimum absolute atomic E-state index is 0.0124. The van der Waals surface area contributed by atoms with Gasteiger partial charge in [0.2, 0.25) is 0 Å².